The first-order valence-corrected chi connectivity index (χ1v) is 8.16. The van der Waals surface area contributed by atoms with Gasteiger partial charge in [0, 0.05) is 11.6 Å². The normalized spacial score (nSPS) is 23.0. The summed E-state index contributed by atoms with van der Waals surface area (Å²) in [7, 11) is 0. The second-order valence-corrected chi connectivity index (χ2v) is 6.46. The SMILES string of the molecule is Cc1ccc(-c2cc(CN3C(=O)[C@H]4CC=CC[C@H]4C3=O)on2)cc1. The molecule has 0 N–H and O–H groups in total. The summed E-state index contributed by atoms with van der Waals surface area (Å²) in [5.41, 5.74) is 2.84. The van der Waals surface area contributed by atoms with Gasteiger partial charge in [-0.15, -0.1) is 0 Å². The molecule has 0 spiro atoms. The fourth-order valence-corrected chi connectivity index (χ4v) is 3.43. The summed E-state index contributed by atoms with van der Waals surface area (Å²) >= 11 is 0. The molecule has 1 aliphatic carbocycles. The Kier molecular flexibility index (Phi) is 3.56. The Morgan fingerprint density at radius 3 is 2.33 bits per heavy atom. The number of likely N-dealkylation sites (tertiary alicyclic amines) is 1. The maximum atomic E-state index is 12.5. The van der Waals surface area contributed by atoms with Crippen molar-refractivity contribution < 1.29 is 14.1 Å². The topological polar surface area (TPSA) is 63.4 Å². The number of rotatable bonds is 3. The number of aryl methyl sites for hydroxylation is 1. The van der Waals surface area contributed by atoms with E-state index in [4.69, 9.17) is 4.52 Å². The molecule has 5 heteroatoms. The highest BCUT2D eigenvalue weighted by molar-refractivity contribution is 6.05. The van der Waals surface area contributed by atoms with Gasteiger partial charge in [-0.1, -0.05) is 47.1 Å². The molecular weight excluding hydrogens is 304 g/mol. The van der Waals surface area contributed by atoms with Gasteiger partial charge in [0.1, 0.15) is 5.69 Å². The molecule has 2 aliphatic rings. The zero-order valence-electron chi connectivity index (χ0n) is 13.4. The van der Waals surface area contributed by atoms with Crippen LogP contribution in [0.3, 0.4) is 0 Å². The number of amides is 2. The Balaban J connectivity index is 1.53. The Morgan fingerprint density at radius 2 is 1.71 bits per heavy atom. The summed E-state index contributed by atoms with van der Waals surface area (Å²) in [6.07, 6.45) is 5.27. The molecule has 4 rings (SSSR count). The van der Waals surface area contributed by atoms with Crippen molar-refractivity contribution in [2.24, 2.45) is 11.8 Å². The van der Waals surface area contributed by atoms with E-state index in [1.807, 2.05) is 43.3 Å². The summed E-state index contributed by atoms with van der Waals surface area (Å²) in [4.78, 5) is 26.3. The van der Waals surface area contributed by atoms with Crippen LogP contribution in [0.15, 0.2) is 47.0 Å². The maximum absolute atomic E-state index is 12.5. The molecular formula is C19H18N2O3. The minimum Gasteiger partial charge on any atom is -0.359 e. The number of hydrogen-bond donors (Lipinski definition) is 0. The van der Waals surface area contributed by atoms with Gasteiger partial charge in [0.15, 0.2) is 5.76 Å². The molecule has 122 valence electrons. The van der Waals surface area contributed by atoms with Gasteiger partial charge in [-0.3, -0.25) is 14.5 Å². The molecule has 1 aromatic heterocycles. The molecule has 0 bridgehead atoms. The first-order valence-electron chi connectivity index (χ1n) is 8.16. The van der Waals surface area contributed by atoms with Crippen molar-refractivity contribution in [1.29, 1.82) is 0 Å². The second-order valence-electron chi connectivity index (χ2n) is 6.46. The van der Waals surface area contributed by atoms with Crippen molar-refractivity contribution in [3.05, 3.63) is 53.8 Å². The van der Waals surface area contributed by atoms with Gasteiger partial charge in [-0.2, -0.15) is 0 Å². The summed E-state index contributed by atoms with van der Waals surface area (Å²) in [5.74, 6) is -0.0758. The molecule has 0 saturated carbocycles. The standard InChI is InChI=1S/C19H18N2O3/c1-12-6-8-13(9-7-12)17-10-14(24-20-17)11-21-18(22)15-4-2-3-5-16(15)19(21)23/h2-3,6-10,15-16H,4-5,11H2,1H3/t15-,16+. The van der Waals surface area contributed by atoms with Gasteiger partial charge in [-0.25, -0.2) is 0 Å². The van der Waals surface area contributed by atoms with Crippen LogP contribution in [0.5, 0.6) is 0 Å². The first-order chi connectivity index (χ1) is 11.6. The largest absolute Gasteiger partial charge is 0.359 e. The number of nitrogens with zero attached hydrogens (tertiary/aromatic N) is 2. The molecule has 1 fully saturated rings. The van der Waals surface area contributed by atoms with Crippen LogP contribution in [-0.2, 0) is 16.1 Å². The van der Waals surface area contributed by atoms with Crippen molar-refractivity contribution in [2.45, 2.75) is 26.3 Å². The summed E-state index contributed by atoms with van der Waals surface area (Å²) < 4.78 is 5.35. The molecule has 0 radical (unpaired) electrons. The van der Waals surface area contributed by atoms with Crippen molar-refractivity contribution in [3.8, 4) is 11.3 Å². The maximum Gasteiger partial charge on any atom is 0.233 e. The molecule has 1 saturated heterocycles. The van der Waals surface area contributed by atoms with Crippen LogP contribution < -0.4 is 0 Å². The molecule has 2 heterocycles. The number of hydrogen-bond acceptors (Lipinski definition) is 4. The Morgan fingerprint density at radius 1 is 1.08 bits per heavy atom. The van der Waals surface area contributed by atoms with E-state index in [0.717, 1.165) is 5.56 Å². The van der Waals surface area contributed by atoms with E-state index in [1.54, 1.807) is 6.07 Å². The number of benzene rings is 1. The Hall–Kier alpha value is -2.69. The van der Waals surface area contributed by atoms with Crippen LogP contribution in [0.4, 0.5) is 0 Å². The summed E-state index contributed by atoms with van der Waals surface area (Å²) in [6, 6.07) is 9.77. The Bertz CT molecular complexity index is 793. The van der Waals surface area contributed by atoms with Crippen molar-refractivity contribution in [1.82, 2.24) is 10.1 Å². The van der Waals surface area contributed by atoms with Crippen LogP contribution in [0.25, 0.3) is 11.3 Å². The van der Waals surface area contributed by atoms with Crippen molar-refractivity contribution >= 4 is 11.8 Å². The van der Waals surface area contributed by atoms with Crippen molar-refractivity contribution in [3.63, 3.8) is 0 Å². The third kappa shape index (κ3) is 2.46. The van der Waals surface area contributed by atoms with E-state index >= 15 is 0 Å². The molecule has 2 amide bonds. The van der Waals surface area contributed by atoms with Crippen LogP contribution in [0, 0.1) is 18.8 Å². The molecule has 1 aliphatic heterocycles. The monoisotopic (exact) mass is 322 g/mol. The minimum atomic E-state index is -0.206. The van der Waals surface area contributed by atoms with Crippen LogP contribution >= 0.6 is 0 Å². The fraction of sp³-hybridized carbons (Fsp3) is 0.316. The molecule has 24 heavy (non-hydrogen) atoms. The van der Waals surface area contributed by atoms with E-state index in [2.05, 4.69) is 5.16 Å². The van der Waals surface area contributed by atoms with Gasteiger partial charge < -0.3 is 4.52 Å². The zero-order chi connectivity index (χ0) is 16.7. The number of carbonyl (C=O) groups excluding carboxylic acids is 2. The number of imide groups is 1. The van der Waals surface area contributed by atoms with Crippen LogP contribution in [0.2, 0.25) is 0 Å². The van der Waals surface area contributed by atoms with Gasteiger partial charge >= 0.3 is 0 Å². The molecule has 2 aromatic rings. The highest BCUT2D eigenvalue weighted by Crippen LogP contribution is 2.36. The van der Waals surface area contributed by atoms with Gasteiger partial charge in [-0.05, 0) is 19.8 Å². The third-order valence-corrected chi connectivity index (χ3v) is 4.82. The molecule has 5 nitrogen and oxygen atoms in total. The second kappa shape index (κ2) is 5.74. The lowest BCUT2D eigenvalue weighted by atomic mass is 9.85. The average molecular weight is 322 g/mol. The van der Waals surface area contributed by atoms with E-state index in [-0.39, 0.29) is 30.2 Å². The van der Waals surface area contributed by atoms with Gasteiger partial charge in [0.25, 0.3) is 0 Å². The molecule has 0 unspecified atom stereocenters. The number of fused-ring (bicyclic) bond motifs is 1. The Labute approximate surface area is 139 Å². The predicted octanol–water partition coefficient (Wildman–Crippen LogP) is 3.10. The lowest BCUT2D eigenvalue weighted by Crippen LogP contribution is -2.30. The van der Waals surface area contributed by atoms with Gasteiger partial charge in [0.05, 0.1) is 18.4 Å². The molecule has 2 atom stereocenters. The number of carbonyl (C=O) groups is 2. The predicted molar refractivity (Wildman–Crippen MR) is 87.6 cm³/mol. The zero-order valence-corrected chi connectivity index (χ0v) is 13.4. The first kappa shape index (κ1) is 14.9. The molecule has 1 aromatic carbocycles. The third-order valence-electron chi connectivity index (χ3n) is 4.82. The average Bonchev–Trinajstić information content (AvgIpc) is 3.16. The lowest BCUT2D eigenvalue weighted by Gasteiger charge is -2.14. The smallest absolute Gasteiger partial charge is 0.233 e. The van der Waals surface area contributed by atoms with Crippen LogP contribution in [-0.4, -0.2) is 21.9 Å². The summed E-state index contributed by atoms with van der Waals surface area (Å²) in [6.45, 7) is 2.18. The minimum absolute atomic E-state index is 0.0948. The van der Waals surface area contributed by atoms with Crippen molar-refractivity contribution in [2.75, 3.05) is 0 Å². The van der Waals surface area contributed by atoms with Gasteiger partial charge in [0.2, 0.25) is 11.8 Å². The van der Waals surface area contributed by atoms with E-state index in [1.165, 1.54) is 10.5 Å². The fourth-order valence-electron chi connectivity index (χ4n) is 3.43. The summed E-state index contributed by atoms with van der Waals surface area (Å²) in [5, 5.41) is 4.06. The highest BCUT2D eigenvalue weighted by atomic mass is 16.5. The quantitative estimate of drug-likeness (QED) is 0.643. The van der Waals surface area contributed by atoms with E-state index in [9.17, 15) is 9.59 Å². The van der Waals surface area contributed by atoms with E-state index < -0.39 is 0 Å². The van der Waals surface area contributed by atoms with E-state index in [0.29, 0.717) is 24.3 Å². The highest BCUT2D eigenvalue weighted by Gasteiger charge is 2.47. The lowest BCUT2D eigenvalue weighted by molar-refractivity contribution is -0.140. The number of aromatic nitrogens is 1. The number of allylic oxidation sites excluding steroid dienone is 2. The van der Waals surface area contributed by atoms with Crippen LogP contribution in [0.1, 0.15) is 24.2 Å².